The van der Waals surface area contributed by atoms with Gasteiger partial charge >= 0.3 is 0 Å². The Labute approximate surface area is 64.7 Å². The van der Waals surface area contributed by atoms with Crippen molar-refractivity contribution in [3.63, 3.8) is 0 Å². The van der Waals surface area contributed by atoms with Crippen LogP contribution in [0.2, 0.25) is 0 Å². The summed E-state index contributed by atoms with van der Waals surface area (Å²) in [6, 6.07) is 0. The first-order valence-corrected chi connectivity index (χ1v) is 3.38. The number of nitrogens with zero attached hydrogens (tertiary/aromatic N) is 2. The molecule has 0 fully saturated rings. The van der Waals surface area contributed by atoms with E-state index in [0.29, 0.717) is 12.1 Å². The van der Waals surface area contributed by atoms with Crippen molar-refractivity contribution in [1.82, 2.24) is 9.97 Å². The predicted octanol–water partition coefficient (Wildman–Crippen LogP) is 0.607. The van der Waals surface area contributed by atoms with Crippen molar-refractivity contribution in [1.29, 1.82) is 0 Å². The average molecular weight is 151 g/mol. The maximum Gasteiger partial charge on any atom is 0.211 e. The molecule has 4 nitrogen and oxygen atoms in total. The summed E-state index contributed by atoms with van der Waals surface area (Å²) in [6.45, 7) is 1.97. The Balaban J connectivity index is 2.74. The second kappa shape index (κ2) is 3.65. The molecule has 0 saturated heterocycles. The van der Waals surface area contributed by atoms with Crippen molar-refractivity contribution in [2.45, 2.75) is 13.3 Å². The van der Waals surface area contributed by atoms with Gasteiger partial charge in [0.15, 0.2) is 0 Å². The standard InChI is InChI=1S/C7H9N3O/c1-2-7-8-3-6(4-9-7)10-5-11/h3-5H,2H2,1H3,(H,10,11). The molecule has 1 heterocycles. The number of hydrogen-bond acceptors (Lipinski definition) is 3. The van der Waals surface area contributed by atoms with Crippen molar-refractivity contribution in [2.24, 2.45) is 0 Å². The first-order valence-electron chi connectivity index (χ1n) is 3.38. The SMILES string of the molecule is CCc1ncc(NC=O)cn1. The molecule has 0 bridgehead atoms. The van der Waals surface area contributed by atoms with E-state index in [4.69, 9.17) is 0 Å². The number of aromatic nitrogens is 2. The topological polar surface area (TPSA) is 54.9 Å². The van der Waals surface area contributed by atoms with Crippen LogP contribution in [0.25, 0.3) is 0 Å². The van der Waals surface area contributed by atoms with Crippen LogP contribution in [-0.2, 0) is 11.2 Å². The van der Waals surface area contributed by atoms with E-state index < -0.39 is 0 Å². The smallest absolute Gasteiger partial charge is 0.211 e. The Morgan fingerprint density at radius 2 is 2.18 bits per heavy atom. The number of hydrogen-bond donors (Lipinski definition) is 1. The zero-order chi connectivity index (χ0) is 8.10. The zero-order valence-electron chi connectivity index (χ0n) is 6.24. The second-order valence-corrected chi connectivity index (χ2v) is 2.00. The molecule has 0 aliphatic rings. The Morgan fingerprint density at radius 3 is 2.64 bits per heavy atom. The van der Waals surface area contributed by atoms with Gasteiger partial charge in [-0.05, 0) is 0 Å². The van der Waals surface area contributed by atoms with Gasteiger partial charge in [-0.25, -0.2) is 9.97 Å². The Kier molecular flexibility index (Phi) is 2.54. The normalized spacial score (nSPS) is 9.18. The minimum Gasteiger partial charge on any atom is -0.326 e. The fourth-order valence-electron chi connectivity index (χ4n) is 0.680. The van der Waals surface area contributed by atoms with Crippen molar-refractivity contribution in [3.05, 3.63) is 18.2 Å². The highest BCUT2D eigenvalue weighted by atomic mass is 16.1. The van der Waals surface area contributed by atoms with E-state index in [1.165, 1.54) is 0 Å². The van der Waals surface area contributed by atoms with Gasteiger partial charge in [-0.15, -0.1) is 0 Å². The molecule has 0 saturated carbocycles. The van der Waals surface area contributed by atoms with Gasteiger partial charge in [0.25, 0.3) is 0 Å². The third kappa shape index (κ3) is 2.00. The lowest BCUT2D eigenvalue weighted by atomic mass is 10.4. The molecule has 1 aromatic heterocycles. The molecule has 0 atom stereocenters. The Bertz CT molecular complexity index is 232. The number of nitrogens with one attached hydrogen (secondary N) is 1. The summed E-state index contributed by atoms with van der Waals surface area (Å²) in [5.74, 6) is 0.779. The number of carbonyl (C=O) groups excluding carboxylic acids is 1. The van der Waals surface area contributed by atoms with Crippen LogP contribution in [0.1, 0.15) is 12.7 Å². The molecule has 0 spiro atoms. The summed E-state index contributed by atoms with van der Waals surface area (Å²) in [4.78, 5) is 17.9. The van der Waals surface area contributed by atoms with E-state index in [2.05, 4.69) is 15.3 Å². The molecule has 1 aromatic rings. The van der Waals surface area contributed by atoms with Crippen LogP contribution in [0.4, 0.5) is 5.69 Å². The van der Waals surface area contributed by atoms with Crippen LogP contribution in [0.5, 0.6) is 0 Å². The highest BCUT2D eigenvalue weighted by molar-refractivity contribution is 5.69. The summed E-state index contributed by atoms with van der Waals surface area (Å²) in [5.41, 5.74) is 0.622. The van der Waals surface area contributed by atoms with Gasteiger partial charge in [0.2, 0.25) is 6.41 Å². The molecule has 0 aliphatic heterocycles. The maximum atomic E-state index is 9.96. The summed E-state index contributed by atoms with van der Waals surface area (Å²) >= 11 is 0. The van der Waals surface area contributed by atoms with E-state index in [1.807, 2.05) is 6.92 Å². The molecule has 58 valence electrons. The van der Waals surface area contributed by atoms with Crippen molar-refractivity contribution < 1.29 is 4.79 Å². The van der Waals surface area contributed by atoms with Crippen LogP contribution in [0.15, 0.2) is 12.4 Å². The summed E-state index contributed by atoms with van der Waals surface area (Å²) in [6.07, 6.45) is 4.58. The van der Waals surface area contributed by atoms with E-state index in [0.717, 1.165) is 12.2 Å². The van der Waals surface area contributed by atoms with Gasteiger partial charge in [-0.3, -0.25) is 4.79 Å². The molecule has 0 aliphatic carbocycles. The fourth-order valence-corrected chi connectivity index (χ4v) is 0.680. The average Bonchev–Trinajstić information content (AvgIpc) is 2.07. The molecule has 11 heavy (non-hydrogen) atoms. The minimum absolute atomic E-state index is 0.602. The molecule has 1 N–H and O–H groups in total. The zero-order valence-corrected chi connectivity index (χ0v) is 6.24. The lowest BCUT2D eigenvalue weighted by molar-refractivity contribution is -0.105. The third-order valence-electron chi connectivity index (χ3n) is 1.25. The Morgan fingerprint density at radius 1 is 1.55 bits per heavy atom. The number of carbonyl (C=O) groups is 1. The third-order valence-corrected chi connectivity index (χ3v) is 1.25. The van der Waals surface area contributed by atoms with Crippen molar-refractivity contribution in [2.75, 3.05) is 5.32 Å². The molecule has 0 unspecified atom stereocenters. The van der Waals surface area contributed by atoms with Gasteiger partial charge in [-0.1, -0.05) is 6.92 Å². The largest absolute Gasteiger partial charge is 0.326 e. The highest BCUT2D eigenvalue weighted by Gasteiger charge is 1.92. The second-order valence-electron chi connectivity index (χ2n) is 2.00. The summed E-state index contributed by atoms with van der Waals surface area (Å²) in [7, 11) is 0. The van der Waals surface area contributed by atoms with E-state index in [9.17, 15) is 4.79 Å². The molecule has 4 heteroatoms. The van der Waals surface area contributed by atoms with Crippen LogP contribution in [-0.4, -0.2) is 16.4 Å². The Hall–Kier alpha value is -1.45. The van der Waals surface area contributed by atoms with Crippen LogP contribution >= 0.6 is 0 Å². The summed E-state index contributed by atoms with van der Waals surface area (Å²) < 4.78 is 0. The molecular formula is C7H9N3O. The molecule has 1 rings (SSSR count). The lowest BCUT2D eigenvalue weighted by Gasteiger charge is -1.97. The quantitative estimate of drug-likeness (QED) is 0.644. The number of anilines is 1. The van der Waals surface area contributed by atoms with Gasteiger partial charge < -0.3 is 5.32 Å². The van der Waals surface area contributed by atoms with Crippen LogP contribution < -0.4 is 5.32 Å². The number of aryl methyl sites for hydroxylation is 1. The van der Waals surface area contributed by atoms with Gasteiger partial charge in [0.1, 0.15) is 5.82 Å². The van der Waals surface area contributed by atoms with Crippen LogP contribution in [0.3, 0.4) is 0 Å². The van der Waals surface area contributed by atoms with Gasteiger partial charge in [0, 0.05) is 6.42 Å². The molecule has 0 aromatic carbocycles. The lowest BCUT2D eigenvalue weighted by Crippen LogP contribution is -1.97. The van der Waals surface area contributed by atoms with E-state index in [-0.39, 0.29) is 0 Å². The maximum absolute atomic E-state index is 9.96. The number of amides is 1. The fraction of sp³-hybridized carbons (Fsp3) is 0.286. The van der Waals surface area contributed by atoms with Crippen molar-refractivity contribution in [3.8, 4) is 0 Å². The van der Waals surface area contributed by atoms with Gasteiger partial charge in [0.05, 0.1) is 18.1 Å². The van der Waals surface area contributed by atoms with Crippen molar-refractivity contribution >= 4 is 12.1 Å². The summed E-state index contributed by atoms with van der Waals surface area (Å²) in [5, 5.41) is 2.45. The first kappa shape index (κ1) is 7.65. The van der Waals surface area contributed by atoms with E-state index in [1.54, 1.807) is 12.4 Å². The molecule has 0 radical (unpaired) electrons. The minimum atomic E-state index is 0.602. The van der Waals surface area contributed by atoms with Crippen LogP contribution in [0, 0.1) is 0 Å². The van der Waals surface area contributed by atoms with Gasteiger partial charge in [-0.2, -0.15) is 0 Å². The number of rotatable bonds is 3. The first-order chi connectivity index (χ1) is 5.36. The molecule has 1 amide bonds. The molecular weight excluding hydrogens is 142 g/mol. The monoisotopic (exact) mass is 151 g/mol. The predicted molar refractivity (Wildman–Crippen MR) is 41.1 cm³/mol. The van der Waals surface area contributed by atoms with E-state index >= 15 is 0 Å². The highest BCUT2D eigenvalue weighted by Crippen LogP contribution is 2.00.